The Balaban J connectivity index is 1.57. The van der Waals surface area contributed by atoms with Crippen LogP contribution in [0.3, 0.4) is 0 Å². The van der Waals surface area contributed by atoms with E-state index in [9.17, 15) is 9.59 Å². The smallest absolute Gasteiger partial charge is 0.343 e. The predicted octanol–water partition coefficient (Wildman–Crippen LogP) is 5.23. The molecule has 0 bridgehead atoms. The molecule has 0 atom stereocenters. The first kappa shape index (κ1) is 23.5. The molecule has 0 aliphatic carbocycles. The van der Waals surface area contributed by atoms with Gasteiger partial charge in [0.25, 0.3) is 5.91 Å². The molecule has 0 saturated carbocycles. The SMILES string of the molecule is CCOc1ccc(C(=O)Oc2ccc3ccccc3c2/C=N\NC(=O)c2ccc(OC)cc2)cc1. The number of hydrogen-bond donors (Lipinski definition) is 1. The molecule has 176 valence electrons. The van der Waals surface area contributed by atoms with Gasteiger partial charge in [-0.15, -0.1) is 0 Å². The number of rotatable bonds is 8. The Kier molecular flexibility index (Phi) is 7.37. The van der Waals surface area contributed by atoms with Crippen LogP contribution < -0.4 is 19.6 Å². The van der Waals surface area contributed by atoms with Crippen molar-refractivity contribution in [1.29, 1.82) is 0 Å². The highest BCUT2D eigenvalue weighted by Crippen LogP contribution is 2.27. The molecule has 0 fully saturated rings. The summed E-state index contributed by atoms with van der Waals surface area (Å²) in [5.74, 6) is 0.761. The summed E-state index contributed by atoms with van der Waals surface area (Å²) in [6.07, 6.45) is 1.48. The highest BCUT2D eigenvalue weighted by atomic mass is 16.5. The molecule has 0 aliphatic heterocycles. The lowest BCUT2D eigenvalue weighted by Gasteiger charge is -2.11. The minimum absolute atomic E-state index is 0.324. The first-order valence-electron chi connectivity index (χ1n) is 11.0. The lowest BCUT2D eigenvalue weighted by atomic mass is 10.0. The number of nitrogens with one attached hydrogen (secondary N) is 1. The fourth-order valence-electron chi connectivity index (χ4n) is 3.47. The minimum Gasteiger partial charge on any atom is -0.497 e. The van der Waals surface area contributed by atoms with Gasteiger partial charge in [0.2, 0.25) is 0 Å². The number of carbonyl (C=O) groups is 2. The Morgan fingerprint density at radius 1 is 0.857 bits per heavy atom. The Bertz CT molecular complexity index is 1360. The zero-order valence-corrected chi connectivity index (χ0v) is 19.4. The number of amides is 1. The molecule has 7 nitrogen and oxygen atoms in total. The summed E-state index contributed by atoms with van der Waals surface area (Å²) in [4.78, 5) is 25.3. The van der Waals surface area contributed by atoms with Gasteiger partial charge in [-0.05, 0) is 72.3 Å². The molecule has 1 N–H and O–H groups in total. The zero-order chi connectivity index (χ0) is 24.6. The third kappa shape index (κ3) is 5.65. The van der Waals surface area contributed by atoms with Crippen LogP contribution in [0.4, 0.5) is 0 Å². The first-order valence-corrected chi connectivity index (χ1v) is 11.0. The van der Waals surface area contributed by atoms with E-state index in [1.807, 2.05) is 37.3 Å². The van der Waals surface area contributed by atoms with Crippen LogP contribution in [0.15, 0.2) is 90.0 Å². The van der Waals surface area contributed by atoms with Crippen LogP contribution in [0.25, 0.3) is 10.8 Å². The third-order valence-electron chi connectivity index (χ3n) is 5.25. The van der Waals surface area contributed by atoms with Crippen molar-refractivity contribution < 1.29 is 23.8 Å². The number of benzene rings is 4. The highest BCUT2D eigenvalue weighted by Gasteiger charge is 2.14. The van der Waals surface area contributed by atoms with Gasteiger partial charge in [-0.25, -0.2) is 10.2 Å². The molecule has 7 heteroatoms. The molecule has 4 aromatic rings. The second-order valence-electron chi connectivity index (χ2n) is 7.47. The van der Waals surface area contributed by atoms with Gasteiger partial charge < -0.3 is 14.2 Å². The number of carbonyl (C=O) groups excluding carboxylic acids is 2. The predicted molar refractivity (Wildman–Crippen MR) is 135 cm³/mol. The molecule has 0 radical (unpaired) electrons. The van der Waals surface area contributed by atoms with Crippen molar-refractivity contribution in [2.75, 3.05) is 13.7 Å². The van der Waals surface area contributed by atoms with Crippen molar-refractivity contribution >= 4 is 28.9 Å². The quantitative estimate of drug-likeness (QED) is 0.166. The molecule has 0 aliphatic rings. The van der Waals surface area contributed by atoms with Crippen LogP contribution >= 0.6 is 0 Å². The second-order valence-corrected chi connectivity index (χ2v) is 7.47. The second kappa shape index (κ2) is 11.0. The summed E-state index contributed by atoms with van der Waals surface area (Å²) < 4.78 is 16.2. The number of esters is 1. The lowest BCUT2D eigenvalue weighted by Crippen LogP contribution is -2.17. The maximum atomic E-state index is 12.8. The lowest BCUT2D eigenvalue weighted by molar-refractivity contribution is 0.0734. The van der Waals surface area contributed by atoms with Gasteiger partial charge in [0.1, 0.15) is 17.2 Å². The Labute approximate surface area is 202 Å². The topological polar surface area (TPSA) is 86.2 Å². The monoisotopic (exact) mass is 468 g/mol. The maximum absolute atomic E-state index is 12.8. The Morgan fingerprint density at radius 3 is 2.26 bits per heavy atom. The van der Waals surface area contributed by atoms with Crippen molar-refractivity contribution in [2.24, 2.45) is 5.10 Å². The van der Waals surface area contributed by atoms with Crippen molar-refractivity contribution in [3.8, 4) is 17.2 Å². The molecule has 0 spiro atoms. The van der Waals surface area contributed by atoms with Crippen molar-refractivity contribution in [3.63, 3.8) is 0 Å². The van der Waals surface area contributed by atoms with Crippen LogP contribution in [-0.4, -0.2) is 31.8 Å². The van der Waals surface area contributed by atoms with Crippen molar-refractivity contribution in [1.82, 2.24) is 5.43 Å². The van der Waals surface area contributed by atoms with E-state index in [2.05, 4.69) is 10.5 Å². The molecule has 0 heterocycles. The van der Waals surface area contributed by atoms with Gasteiger partial charge >= 0.3 is 5.97 Å². The third-order valence-corrected chi connectivity index (χ3v) is 5.25. The summed E-state index contributed by atoms with van der Waals surface area (Å²) in [5.41, 5.74) is 3.90. The zero-order valence-electron chi connectivity index (χ0n) is 19.4. The maximum Gasteiger partial charge on any atom is 0.343 e. The van der Waals surface area contributed by atoms with E-state index in [0.29, 0.717) is 40.5 Å². The summed E-state index contributed by atoms with van der Waals surface area (Å²) in [7, 11) is 1.56. The van der Waals surface area contributed by atoms with Crippen LogP contribution in [0.2, 0.25) is 0 Å². The van der Waals surface area contributed by atoms with Gasteiger partial charge in [0, 0.05) is 11.1 Å². The fourth-order valence-corrected chi connectivity index (χ4v) is 3.47. The standard InChI is InChI=1S/C28H24N2O5/c1-3-34-23-15-10-21(11-16-23)28(32)35-26-17-12-19-6-4-5-7-24(19)25(26)18-29-30-27(31)20-8-13-22(33-2)14-9-20/h4-18H,3H2,1-2H3,(H,30,31)/b29-18-. The molecule has 0 unspecified atom stereocenters. The molecule has 4 rings (SSSR count). The Hall–Kier alpha value is -4.65. The molecule has 0 saturated heterocycles. The van der Waals surface area contributed by atoms with E-state index in [-0.39, 0.29) is 5.91 Å². The van der Waals surface area contributed by atoms with Gasteiger partial charge in [-0.2, -0.15) is 5.10 Å². The normalized spacial score (nSPS) is 10.8. The van der Waals surface area contributed by atoms with Gasteiger partial charge in [-0.3, -0.25) is 4.79 Å². The first-order chi connectivity index (χ1) is 17.1. The van der Waals surface area contributed by atoms with Crippen LogP contribution in [0, 0.1) is 0 Å². The summed E-state index contributed by atoms with van der Waals surface area (Å²) in [6, 6.07) is 24.6. The molecule has 35 heavy (non-hydrogen) atoms. The van der Waals surface area contributed by atoms with E-state index >= 15 is 0 Å². The molecule has 0 aromatic heterocycles. The number of hydrazone groups is 1. The summed E-state index contributed by atoms with van der Waals surface area (Å²) in [5, 5.41) is 5.89. The summed E-state index contributed by atoms with van der Waals surface area (Å²) in [6.45, 7) is 2.43. The summed E-state index contributed by atoms with van der Waals surface area (Å²) >= 11 is 0. The van der Waals surface area contributed by atoms with E-state index in [1.54, 1.807) is 61.7 Å². The average Bonchev–Trinajstić information content (AvgIpc) is 2.90. The van der Waals surface area contributed by atoms with E-state index in [0.717, 1.165) is 10.8 Å². The van der Waals surface area contributed by atoms with Crippen LogP contribution in [0.1, 0.15) is 33.2 Å². The fraction of sp³-hybridized carbons (Fsp3) is 0.107. The Morgan fingerprint density at radius 2 is 1.54 bits per heavy atom. The molecule has 1 amide bonds. The molecule has 4 aromatic carbocycles. The average molecular weight is 469 g/mol. The van der Waals surface area contributed by atoms with Gasteiger partial charge in [0.05, 0.1) is 25.5 Å². The van der Waals surface area contributed by atoms with Crippen molar-refractivity contribution in [3.05, 3.63) is 102 Å². The highest BCUT2D eigenvalue weighted by molar-refractivity contribution is 6.04. The van der Waals surface area contributed by atoms with E-state index < -0.39 is 5.97 Å². The number of hydrogen-bond acceptors (Lipinski definition) is 6. The molecular weight excluding hydrogens is 444 g/mol. The number of nitrogens with zero attached hydrogens (tertiary/aromatic N) is 1. The number of ether oxygens (including phenoxy) is 3. The minimum atomic E-state index is -0.514. The van der Waals surface area contributed by atoms with E-state index in [4.69, 9.17) is 14.2 Å². The number of fused-ring (bicyclic) bond motifs is 1. The van der Waals surface area contributed by atoms with Gasteiger partial charge in [0.15, 0.2) is 0 Å². The van der Waals surface area contributed by atoms with E-state index in [1.165, 1.54) is 6.21 Å². The van der Waals surface area contributed by atoms with Crippen molar-refractivity contribution in [2.45, 2.75) is 6.92 Å². The van der Waals surface area contributed by atoms with Crippen LogP contribution in [-0.2, 0) is 0 Å². The number of methoxy groups -OCH3 is 1. The molecular formula is C28H24N2O5. The van der Waals surface area contributed by atoms with Crippen LogP contribution in [0.5, 0.6) is 17.2 Å². The van der Waals surface area contributed by atoms with Gasteiger partial charge in [-0.1, -0.05) is 30.3 Å². The largest absolute Gasteiger partial charge is 0.497 e.